The molecule has 0 saturated carbocycles. The van der Waals surface area contributed by atoms with Crippen LogP contribution in [-0.2, 0) is 23.9 Å². The van der Waals surface area contributed by atoms with Gasteiger partial charge < -0.3 is 30.1 Å². The monoisotopic (exact) mass is 679 g/mol. The first kappa shape index (κ1) is 38.4. The first-order chi connectivity index (χ1) is 22.8. The number of ether oxygens (including phenoxy) is 2. The molecule has 4 N–H and O–H groups in total. The van der Waals surface area contributed by atoms with Gasteiger partial charge in [-0.1, -0.05) is 52.0 Å². The molecule has 1 aromatic carbocycles. The summed E-state index contributed by atoms with van der Waals surface area (Å²) in [5.74, 6) is -10.3. The average molecular weight is 680 g/mol. The molecule has 0 saturated heterocycles. The SMILES string of the molecule is CC(=O)O[C@H]([C@H](C)/C=C/C=O)[C@H](C)C(=O)[C@H](C)[C@@H](O)[C@@H](C)/C=C/C=C(/C)C(=O)NC1=CC(=O)c2c(c(O)c(C)c3c2C(=O)[C@@](C)(O)O3)C1=O. The Morgan fingerprint density at radius 2 is 1.57 bits per heavy atom. The van der Waals surface area contributed by atoms with Crippen LogP contribution >= 0.6 is 0 Å². The Morgan fingerprint density at radius 3 is 2.16 bits per heavy atom. The Hall–Kier alpha value is -5.01. The lowest BCUT2D eigenvalue weighted by Gasteiger charge is -2.30. The van der Waals surface area contributed by atoms with Gasteiger partial charge in [-0.3, -0.25) is 33.6 Å². The Bertz CT molecular complexity index is 1730. The van der Waals surface area contributed by atoms with Gasteiger partial charge in [0.1, 0.15) is 29.7 Å². The second-order valence-corrected chi connectivity index (χ2v) is 12.6. The van der Waals surface area contributed by atoms with Gasteiger partial charge in [0.05, 0.1) is 34.4 Å². The Morgan fingerprint density at radius 1 is 0.959 bits per heavy atom. The summed E-state index contributed by atoms with van der Waals surface area (Å²) in [6.45, 7) is 11.6. The minimum Gasteiger partial charge on any atom is -0.507 e. The number of aromatic hydroxyl groups is 1. The predicted molar refractivity (Wildman–Crippen MR) is 175 cm³/mol. The molecule has 262 valence electrons. The minimum absolute atomic E-state index is 0.0397. The molecule has 49 heavy (non-hydrogen) atoms. The molecular weight excluding hydrogens is 638 g/mol. The van der Waals surface area contributed by atoms with Crippen molar-refractivity contribution in [2.75, 3.05) is 0 Å². The maximum atomic E-state index is 13.3. The topological polar surface area (TPSA) is 211 Å². The largest absolute Gasteiger partial charge is 0.507 e. The number of aliphatic hydroxyl groups excluding tert-OH is 1. The standard InChI is InChI=1S/C36H41NO12/c1-16(28(41)19(4)29(42)20(5)32(48-22(7)39)17(2)13-10-14-38)11-9-12-18(3)35(46)37-23-15-24(40)25-26(31(23)44)30(43)21(6)33-27(25)34(45)36(8,47)49-33/h9-17,19-20,28,32,41,43,47H,1-8H3,(H,37,46)/b11-9+,13-10+,18-12-/t16-,17+,19+,20+,28-,32+,36-/m0/s1. The summed E-state index contributed by atoms with van der Waals surface area (Å²) in [6.07, 6.45) is 6.60. The fraction of sp³-hybridized carbons (Fsp3) is 0.417. The molecule has 13 heteroatoms. The summed E-state index contributed by atoms with van der Waals surface area (Å²) in [7, 11) is 0. The highest BCUT2D eigenvalue weighted by molar-refractivity contribution is 6.30. The molecule has 1 aromatic rings. The summed E-state index contributed by atoms with van der Waals surface area (Å²) in [5, 5.41) is 34.4. The van der Waals surface area contributed by atoms with Crippen molar-refractivity contribution in [2.45, 2.75) is 73.4 Å². The number of allylic oxidation sites excluding steroid dienone is 5. The predicted octanol–water partition coefficient (Wildman–Crippen LogP) is 3.03. The van der Waals surface area contributed by atoms with E-state index in [1.54, 1.807) is 33.8 Å². The molecule has 1 aliphatic heterocycles. The molecule has 3 rings (SSSR count). The molecule has 2 aliphatic rings. The van der Waals surface area contributed by atoms with Gasteiger partial charge in [-0.2, -0.15) is 0 Å². The Kier molecular flexibility index (Phi) is 11.8. The summed E-state index contributed by atoms with van der Waals surface area (Å²) < 4.78 is 10.6. The molecular formula is C36H41NO12. The van der Waals surface area contributed by atoms with Crippen LogP contribution in [0.3, 0.4) is 0 Å². The van der Waals surface area contributed by atoms with E-state index in [-0.39, 0.29) is 28.2 Å². The lowest BCUT2D eigenvalue weighted by Crippen LogP contribution is -2.41. The van der Waals surface area contributed by atoms with Crippen LogP contribution in [-0.4, -0.2) is 74.6 Å². The zero-order chi connectivity index (χ0) is 37.1. The van der Waals surface area contributed by atoms with Crippen LogP contribution in [0.2, 0.25) is 0 Å². The number of fused-ring (bicyclic) bond motifs is 3. The van der Waals surface area contributed by atoms with E-state index < -0.39 is 93.5 Å². The molecule has 0 unspecified atom stereocenters. The van der Waals surface area contributed by atoms with Crippen LogP contribution in [0.5, 0.6) is 11.5 Å². The molecule has 1 aliphatic carbocycles. The number of nitrogens with one attached hydrogen (secondary N) is 1. The second-order valence-electron chi connectivity index (χ2n) is 12.6. The summed E-state index contributed by atoms with van der Waals surface area (Å²) in [6, 6.07) is 0. The van der Waals surface area contributed by atoms with Crippen LogP contribution in [0.4, 0.5) is 0 Å². The zero-order valence-electron chi connectivity index (χ0n) is 28.5. The molecule has 7 atom stereocenters. The summed E-state index contributed by atoms with van der Waals surface area (Å²) in [5.41, 5.74) is -1.65. The number of carbonyl (C=O) groups excluding carboxylic acids is 7. The highest BCUT2D eigenvalue weighted by Crippen LogP contribution is 2.46. The van der Waals surface area contributed by atoms with Crippen molar-refractivity contribution in [2.24, 2.45) is 23.7 Å². The number of esters is 1. The fourth-order valence-corrected chi connectivity index (χ4v) is 5.80. The third-order valence-corrected chi connectivity index (χ3v) is 8.72. The third-order valence-electron chi connectivity index (χ3n) is 8.72. The normalized spacial score (nSPS) is 21.2. The number of hydrogen-bond acceptors (Lipinski definition) is 12. The number of benzene rings is 1. The number of phenolic OH excluding ortho intramolecular Hbond substituents is 1. The van der Waals surface area contributed by atoms with E-state index in [1.807, 2.05) is 0 Å². The van der Waals surface area contributed by atoms with Crippen molar-refractivity contribution in [3.05, 3.63) is 70.0 Å². The van der Waals surface area contributed by atoms with Crippen LogP contribution < -0.4 is 10.1 Å². The van der Waals surface area contributed by atoms with Gasteiger partial charge in [-0.05, 0) is 19.9 Å². The van der Waals surface area contributed by atoms with Gasteiger partial charge in [0, 0.05) is 48.8 Å². The van der Waals surface area contributed by atoms with Crippen molar-refractivity contribution in [1.82, 2.24) is 5.32 Å². The molecule has 13 nitrogen and oxygen atoms in total. The van der Waals surface area contributed by atoms with Gasteiger partial charge in [0.15, 0.2) is 5.78 Å². The number of rotatable bonds is 13. The quantitative estimate of drug-likeness (QED) is 0.103. The van der Waals surface area contributed by atoms with E-state index in [4.69, 9.17) is 9.47 Å². The number of aldehydes is 1. The minimum atomic E-state index is -2.30. The van der Waals surface area contributed by atoms with E-state index in [2.05, 4.69) is 5.32 Å². The Balaban J connectivity index is 1.72. The summed E-state index contributed by atoms with van der Waals surface area (Å²) >= 11 is 0. The van der Waals surface area contributed by atoms with E-state index >= 15 is 0 Å². The zero-order valence-corrected chi connectivity index (χ0v) is 28.5. The lowest BCUT2D eigenvalue weighted by molar-refractivity contribution is -0.154. The number of amides is 1. The van der Waals surface area contributed by atoms with Crippen molar-refractivity contribution >= 4 is 41.3 Å². The van der Waals surface area contributed by atoms with Gasteiger partial charge in [0.25, 0.3) is 11.7 Å². The summed E-state index contributed by atoms with van der Waals surface area (Å²) in [4.78, 5) is 87.9. The second kappa shape index (κ2) is 15.0. The van der Waals surface area contributed by atoms with Crippen molar-refractivity contribution in [3.8, 4) is 11.5 Å². The Labute approximate surface area is 283 Å². The molecule has 0 fully saturated rings. The molecule has 0 aromatic heterocycles. The maximum absolute atomic E-state index is 13.3. The first-order valence-corrected chi connectivity index (χ1v) is 15.6. The van der Waals surface area contributed by atoms with Gasteiger partial charge in [-0.15, -0.1) is 0 Å². The van der Waals surface area contributed by atoms with Crippen LogP contribution in [0.1, 0.15) is 85.1 Å². The van der Waals surface area contributed by atoms with Gasteiger partial charge in [-0.25, -0.2) is 0 Å². The van der Waals surface area contributed by atoms with Gasteiger partial charge in [0.2, 0.25) is 11.6 Å². The van der Waals surface area contributed by atoms with Crippen LogP contribution in [0, 0.1) is 30.6 Å². The average Bonchev–Trinajstić information content (AvgIpc) is 3.28. The molecule has 1 heterocycles. The van der Waals surface area contributed by atoms with E-state index in [0.717, 1.165) is 13.0 Å². The third kappa shape index (κ3) is 7.84. The maximum Gasteiger partial charge on any atom is 0.302 e. The van der Waals surface area contributed by atoms with E-state index in [9.17, 15) is 48.9 Å². The smallest absolute Gasteiger partial charge is 0.302 e. The van der Waals surface area contributed by atoms with Gasteiger partial charge >= 0.3 is 5.97 Å². The van der Waals surface area contributed by atoms with Crippen molar-refractivity contribution in [1.29, 1.82) is 0 Å². The number of ketones is 4. The molecule has 0 spiro atoms. The first-order valence-electron chi connectivity index (χ1n) is 15.6. The fourth-order valence-electron chi connectivity index (χ4n) is 5.80. The number of Topliss-reactive ketones (excluding diaryl/α,β-unsaturated/α-hetero) is 3. The highest BCUT2D eigenvalue weighted by Gasteiger charge is 2.49. The van der Waals surface area contributed by atoms with Crippen molar-refractivity contribution in [3.63, 3.8) is 0 Å². The number of hydrogen-bond donors (Lipinski definition) is 4. The number of aliphatic hydroxyl groups is 2. The van der Waals surface area contributed by atoms with E-state index in [1.165, 1.54) is 45.1 Å². The number of phenols is 1. The number of carbonyl (C=O) groups is 7. The molecule has 0 radical (unpaired) electrons. The van der Waals surface area contributed by atoms with Crippen LogP contribution in [0.15, 0.2) is 47.7 Å². The lowest BCUT2D eigenvalue weighted by atomic mass is 9.80. The molecule has 0 bridgehead atoms. The van der Waals surface area contributed by atoms with Crippen LogP contribution in [0.25, 0.3) is 0 Å². The van der Waals surface area contributed by atoms with E-state index in [0.29, 0.717) is 6.29 Å². The highest BCUT2D eigenvalue weighted by atomic mass is 16.6. The molecule has 1 amide bonds. The van der Waals surface area contributed by atoms with Crippen molar-refractivity contribution < 1.29 is 58.4 Å².